The molecule has 1 aromatic rings. The minimum Gasteiger partial charge on any atom is -0.465 e. The van der Waals surface area contributed by atoms with E-state index in [9.17, 15) is 9.90 Å². The first-order valence-electron chi connectivity index (χ1n) is 4.48. The molecule has 1 amide bonds. The average molecular weight is 211 g/mol. The quantitative estimate of drug-likeness (QED) is 0.578. The maximum Gasteiger partial charge on any atom is 0.405 e. The van der Waals surface area contributed by atoms with Crippen molar-refractivity contribution in [2.75, 3.05) is 6.61 Å². The molecule has 1 rings (SSSR count). The lowest BCUT2D eigenvalue weighted by Crippen LogP contribution is -2.41. The Balaban J connectivity index is 2.73. The van der Waals surface area contributed by atoms with Crippen molar-refractivity contribution >= 4 is 6.09 Å². The van der Waals surface area contributed by atoms with Gasteiger partial charge in [-0.1, -0.05) is 30.3 Å². The van der Waals surface area contributed by atoms with Gasteiger partial charge in [0, 0.05) is 0 Å². The average Bonchev–Trinajstić information content (AvgIpc) is 2.26. The smallest absolute Gasteiger partial charge is 0.405 e. The Morgan fingerprint density at radius 1 is 1.33 bits per heavy atom. The van der Waals surface area contributed by atoms with E-state index in [0.29, 0.717) is 5.56 Å². The minimum atomic E-state index is -1.27. The fourth-order valence-corrected chi connectivity index (χ4v) is 1.27. The van der Waals surface area contributed by atoms with Gasteiger partial charge in [-0.3, -0.25) is 0 Å². The lowest BCUT2D eigenvalue weighted by molar-refractivity contribution is 0.0868. The molecule has 5 nitrogen and oxygen atoms in total. The molecule has 0 saturated heterocycles. The molecule has 0 radical (unpaired) electrons. The Morgan fingerprint density at radius 3 is 2.40 bits per heavy atom. The summed E-state index contributed by atoms with van der Waals surface area (Å²) in [5, 5.41) is 29.2. The summed E-state index contributed by atoms with van der Waals surface area (Å²) in [6, 6.07) is 7.66. The van der Waals surface area contributed by atoms with Crippen LogP contribution in [0.3, 0.4) is 0 Å². The third-order valence-corrected chi connectivity index (χ3v) is 2.03. The molecule has 0 aliphatic carbocycles. The SMILES string of the molecule is O=C(O)NC(CO)C(O)c1ccccc1. The molecule has 0 aliphatic rings. The number of aliphatic hydroxyl groups excluding tert-OH is 2. The summed E-state index contributed by atoms with van der Waals surface area (Å²) in [5.41, 5.74) is 0.560. The number of carboxylic acid groups (broad SMARTS) is 1. The van der Waals surface area contributed by atoms with Crippen LogP contribution in [0.1, 0.15) is 11.7 Å². The van der Waals surface area contributed by atoms with Crippen LogP contribution in [0.2, 0.25) is 0 Å². The van der Waals surface area contributed by atoms with Gasteiger partial charge in [0.1, 0.15) is 6.10 Å². The molecule has 0 heterocycles. The first-order valence-corrected chi connectivity index (χ1v) is 4.48. The zero-order valence-corrected chi connectivity index (χ0v) is 8.00. The van der Waals surface area contributed by atoms with Crippen LogP contribution in [0.15, 0.2) is 30.3 Å². The van der Waals surface area contributed by atoms with Crippen LogP contribution in [0.25, 0.3) is 0 Å². The highest BCUT2D eigenvalue weighted by Gasteiger charge is 2.21. The van der Waals surface area contributed by atoms with Crippen LogP contribution in [-0.2, 0) is 0 Å². The van der Waals surface area contributed by atoms with Gasteiger partial charge in [-0.15, -0.1) is 0 Å². The van der Waals surface area contributed by atoms with Crippen molar-refractivity contribution in [1.82, 2.24) is 5.32 Å². The number of hydrogen-bond acceptors (Lipinski definition) is 3. The first-order chi connectivity index (χ1) is 7.15. The lowest BCUT2D eigenvalue weighted by Gasteiger charge is -2.20. The zero-order valence-electron chi connectivity index (χ0n) is 8.00. The van der Waals surface area contributed by atoms with Gasteiger partial charge in [0.05, 0.1) is 12.6 Å². The molecule has 0 aliphatic heterocycles. The number of benzene rings is 1. The van der Waals surface area contributed by atoms with Gasteiger partial charge in [-0.2, -0.15) is 0 Å². The van der Waals surface area contributed by atoms with E-state index < -0.39 is 24.8 Å². The number of carbonyl (C=O) groups is 1. The van der Waals surface area contributed by atoms with Crippen molar-refractivity contribution in [2.24, 2.45) is 0 Å². The van der Waals surface area contributed by atoms with E-state index in [1.165, 1.54) is 0 Å². The normalized spacial score (nSPS) is 14.3. The minimum absolute atomic E-state index is 0.456. The highest BCUT2D eigenvalue weighted by atomic mass is 16.4. The summed E-state index contributed by atoms with van der Waals surface area (Å²) in [7, 11) is 0. The van der Waals surface area contributed by atoms with Crippen LogP contribution in [0.4, 0.5) is 4.79 Å². The summed E-state index contributed by atoms with van der Waals surface area (Å²) >= 11 is 0. The number of amides is 1. The number of aliphatic hydroxyl groups is 2. The van der Waals surface area contributed by atoms with E-state index in [1.54, 1.807) is 30.3 Å². The van der Waals surface area contributed by atoms with E-state index in [0.717, 1.165) is 0 Å². The number of rotatable bonds is 4. The molecule has 4 N–H and O–H groups in total. The van der Waals surface area contributed by atoms with Gasteiger partial charge >= 0.3 is 6.09 Å². The van der Waals surface area contributed by atoms with Crippen LogP contribution in [0, 0.1) is 0 Å². The van der Waals surface area contributed by atoms with E-state index in [1.807, 2.05) is 5.32 Å². The van der Waals surface area contributed by atoms with Gasteiger partial charge in [-0.25, -0.2) is 4.79 Å². The maximum absolute atomic E-state index is 10.4. The second-order valence-electron chi connectivity index (χ2n) is 3.09. The van der Waals surface area contributed by atoms with Crippen molar-refractivity contribution in [1.29, 1.82) is 0 Å². The Kier molecular flexibility index (Phi) is 4.08. The number of nitrogens with one attached hydrogen (secondary N) is 1. The van der Waals surface area contributed by atoms with Crippen molar-refractivity contribution in [3.05, 3.63) is 35.9 Å². The maximum atomic E-state index is 10.4. The summed E-state index contributed by atoms with van der Waals surface area (Å²) in [6.45, 7) is -0.456. The molecular weight excluding hydrogens is 198 g/mol. The topological polar surface area (TPSA) is 89.8 Å². The largest absolute Gasteiger partial charge is 0.465 e. The summed E-state index contributed by atoms with van der Waals surface area (Å²) < 4.78 is 0. The second kappa shape index (κ2) is 5.33. The fraction of sp³-hybridized carbons (Fsp3) is 0.300. The van der Waals surface area contributed by atoms with Crippen molar-refractivity contribution in [3.8, 4) is 0 Å². The standard InChI is InChI=1S/C10H13NO4/c12-6-8(11-10(14)15)9(13)7-4-2-1-3-5-7/h1-5,8-9,11-13H,6H2,(H,14,15). The molecule has 15 heavy (non-hydrogen) atoms. The van der Waals surface area contributed by atoms with Crippen molar-refractivity contribution < 1.29 is 20.1 Å². The Bertz CT molecular complexity index is 314. The Labute approximate surface area is 87.0 Å². The first kappa shape index (κ1) is 11.5. The van der Waals surface area contributed by atoms with Crippen LogP contribution < -0.4 is 5.32 Å². The van der Waals surface area contributed by atoms with Gasteiger partial charge in [0.25, 0.3) is 0 Å². The third-order valence-electron chi connectivity index (χ3n) is 2.03. The highest BCUT2D eigenvalue weighted by Crippen LogP contribution is 2.15. The molecule has 5 heteroatoms. The monoisotopic (exact) mass is 211 g/mol. The van der Waals surface area contributed by atoms with Crippen LogP contribution >= 0.6 is 0 Å². The molecule has 2 unspecified atom stereocenters. The van der Waals surface area contributed by atoms with E-state index in [2.05, 4.69) is 0 Å². The third kappa shape index (κ3) is 3.23. The summed E-state index contributed by atoms with van der Waals surface area (Å²) in [5.74, 6) is 0. The van der Waals surface area contributed by atoms with Gasteiger partial charge in [0.15, 0.2) is 0 Å². The summed E-state index contributed by atoms with van der Waals surface area (Å²) in [4.78, 5) is 10.4. The van der Waals surface area contributed by atoms with E-state index in [-0.39, 0.29) is 0 Å². The molecular formula is C10H13NO4. The molecule has 0 bridgehead atoms. The van der Waals surface area contributed by atoms with Crippen molar-refractivity contribution in [2.45, 2.75) is 12.1 Å². The fourth-order valence-electron chi connectivity index (χ4n) is 1.27. The molecule has 0 saturated carbocycles. The summed E-state index contributed by atoms with van der Waals surface area (Å²) in [6.07, 6.45) is -2.32. The molecule has 0 aromatic heterocycles. The van der Waals surface area contributed by atoms with Crippen LogP contribution in [0.5, 0.6) is 0 Å². The predicted molar refractivity (Wildman–Crippen MR) is 53.4 cm³/mol. The van der Waals surface area contributed by atoms with Crippen molar-refractivity contribution in [3.63, 3.8) is 0 Å². The van der Waals surface area contributed by atoms with Gasteiger partial charge in [-0.05, 0) is 5.56 Å². The van der Waals surface area contributed by atoms with E-state index in [4.69, 9.17) is 10.2 Å². The van der Waals surface area contributed by atoms with Gasteiger partial charge in [0.2, 0.25) is 0 Å². The predicted octanol–water partition coefficient (Wildman–Crippen LogP) is 0.348. The Morgan fingerprint density at radius 2 is 1.93 bits per heavy atom. The second-order valence-corrected chi connectivity index (χ2v) is 3.09. The number of hydrogen-bond donors (Lipinski definition) is 4. The molecule has 2 atom stereocenters. The van der Waals surface area contributed by atoms with Crippen LogP contribution in [-0.4, -0.2) is 34.1 Å². The molecule has 0 spiro atoms. The highest BCUT2D eigenvalue weighted by molar-refractivity contribution is 5.65. The Hall–Kier alpha value is -1.59. The van der Waals surface area contributed by atoms with E-state index >= 15 is 0 Å². The molecule has 0 fully saturated rings. The molecule has 1 aromatic carbocycles. The lowest BCUT2D eigenvalue weighted by atomic mass is 10.0. The molecule has 82 valence electrons. The zero-order chi connectivity index (χ0) is 11.3. The van der Waals surface area contributed by atoms with Gasteiger partial charge < -0.3 is 20.6 Å².